The molecule has 0 bridgehead atoms. The van der Waals surface area contributed by atoms with Gasteiger partial charge in [-0.05, 0) is 6.42 Å². The third-order valence-electron chi connectivity index (χ3n) is 3.26. The summed E-state index contributed by atoms with van der Waals surface area (Å²) in [6.45, 7) is 3.04. The summed E-state index contributed by atoms with van der Waals surface area (Å²) in [5, 5.41) is 20.7. The predicted octanol–water partition coefficient (Wildman–Crippen LogP) is 3.89. The maximum atomic E-state index is 8.29. The smallest absolute Gasteiger partial charge is 0.201 e. The highest BCUT2D eigenvalue weighted by Crippen LogP contribution is 2.10. The van der Waals surface area contributed by atoms with Crippen LogP contribution >= 0.6 is 0 Å². The number of rotatable bonds is 12. The number of hydrogen-bond acceptors (Lipinski definition) is 2. The standard InChI is InChI=1S/C15H30N4/c1-2-3-4-5-6-7-8-9-10-11-12-13-18-15(17)19-14-16/h2-13H2,1H3,(H3,17,18,19). The SMILES string of the molecule is CCCCCCCCCCCCCNC(=N)NC#N. The molecule has 0 aliphatic heterocycles. The highest BCUT2D eigenvalue weighted by atomic mass is 15.1. The zero-order valence-corrected chi connectivity index (χ0v) is 12.4. The summed E-state index contributed by atoms with van der Waals surface area (Å²) in [6.07, 6.45) is 16.3. The Morgan fingerprint density at radius 1 is 0.895 bits per heavy atom. The summed E-state index contributed by atoms with van der Waals surface area (Å²) in [5.74, 6) is 0.106. The molecular weight excluding hydrogens is 236 g/mol. The van der Waals surface area contributed by atoms with Crippen molar-refractivity contribution in [2.75, 3.05) is 6.54 Å². The van der Waals surface area contributed by atoms with E-state index in [1.165, 1.54) is 64.2 Å². The van der Waals surface area contributed by atoms with E-state index in [4.69, 9.17) is 10.7 Å². The van der Waals surface area contributed by atoms with Crippen molar-refractivity contribution in [3.63, 3.8) is 0 Å². The molecular formula is C15H30N4. The minimum absolute atomic E-state index is 0.106. The zero-order chi connectivity index (χ0) is 14.2. The molecule has 0 atom stereocenters. The van der Waals surface area contributed by atoms with Crippen LogP contribution in [-0.4, -0.2) is 12.5 Å². The van der Waals surface area contributed by atoms with Crippen LogP contribution in [0.3, 0.4) is 0 Å². The van der Waals surface area contributed by atoms with E-state index in [-0.39, 0.29) is 5.96 Å². The lowest BCUT2D eigenvalue weighted by molar-refractivity contribution is 0.548. The van der Waals surface area contributed by atoms with Gasteiger partial charge in [0.1, 0.15) is 0 Å². The Morgan fingerprint density at radius 2 is 1.37 bits per heavy atom. The van der Waals surface area contributed by atoms with E-state index in [9.17, 15) is 0 Å². The molecule has 110 valence electrons. The molecule has 19 heavy (non-hydrogen) atoms. The van der Waals surface area contributed by atoms with Crippen molar-refractivity contribution < 1.29 is 0 Å². The molecule has 0 unspecified atom stereocenters. The van der Waals surface area contributed by atoms with Gasteiger partial charge in [0.05, 0.1) is 0 Å². The maximum absolute atomic E-state index is 8.29. The number of guanidine groups is 1. The lowest BCUT2D eigenvalue weighted by Gasteiger charge is -2.05. The molecule has 0 aliphatic carbocycles. The maximum Gasteiger partial charge on any atom is 0.201 e. The van der Waals surface area contributed by atoms with Gasteiger partial charge in [-0.3, -0.25) is 10.7 Å². The van der Waals surface area contributed by atoms with Gasteiger partial charge in [-0.15, -0.1) is 0 Å². The lowest BCUT2D eigenvalue weighted by atomic mass is 10.1. The third-order valence-corrected chi connectivity index (χ3v) is 3.26. The van der Waals surface area contributed by atoms with E-state index >= 15 is 0 Å². The number of nitrogens with one attached hydrogen (secondary N) is 3. The summed E-state index contributed by atoms with van der Waals surface area (Å²) >= 11 is 0. The van der Waals surface area contributed by atoms with Crippen molar-refractivity contribution in [2.24, 2.45) is 0 Å². The first-order valence-electron chi connectivity index (χ1n) is 7.78. The highest BCUT2D eigenvalue weighted by molar-refractivity contribution is 5.77. The number of nitrogens with zero attached hydrogens (tertiary/aromatic N) is 1. The van der Waals surface area contributed by atoms with Crippen LogP contribution in [0.5, 0.6) is 0 Å². The second-order valence-electron chi connectivity index (χ2n) is 5.07. The Morgan fingerprint density at radius 3 is 1.84 bits per heavy atom. The van der Waals surface area contributed by atoms with E-state index in [1.54, 1.807) is 6.19 Å². The molecule has 0 radical (unpaired) electrons. The molecule has 0 rings (SSSR count). The van der Waals surface area contributed by atoms with Crippen LogP contribution in [0.4, 0.5) is 0 Å². The molecule has 0 fully saturated rings. The molecule has 0 aromatic heterocycles. The summed E-state index contributed by atoms with van der Waals surface area (Å²) in [7, 11) is 0. The van der Waals surface area contributed by atoms with Crippen LogP contribution in [0.1, 0.15) is 77.6 Å². The fourth-order valence-electron chi connectivity index (χ4n) is 2.10. The minimum atomic E-state index is 0.106. The van der Waals surface area contributed by atoms with Crippen molar-refractivity contribution in [3.8, 4) is 6.19 Å². The van der Waals surface area contributed by atoms with Crippen LogP contribution in [0.2, 0.25) is 0 Å². The first-order chi connectivity index (χ1) is 9.31. The fraction of sp³-hybridized carbons (Fsp3) is 0.867. The van der Waals surface area contributed by atoms with Crippen molar-refractivity contribution >= 4 is 5.96 Å². The van der Waals surface area contributed by atoms with Gasteiger partial charge in [-0.1, -0.05) is 71.1 Å². The van der Waals surface area contributed by atoms with Crippen LogP contribution in [-0.2, 0) is 0 Å². The van der Waals surface area contributed by atoms with Gasteiger partial charge in [0.15, 0.2) is 6.19 Å². The monoisotopic (exact) mass is 266 g/mol. The van der Waals surface area contributed by atoms with Crippen molar-refractivity contribution in [1.29, 1.82) is 10.7 Å². The molecule has 0 aliphatic rings. The molecule has 0 saturated heterocycles. The van der Waals surface area contributed by atoms with E-state index in [0.29, 0.717) is 0 Å². The molecule has 0 saturated carbocycles. The Kier molecular flexibility index (Phi) is 13.9. The average molecular weight is 266 g/mol. The van der Waals surface area contributed by atoms with Gasteiger partial charge in [-0.2, -0.15) is 5.26 Å². The van der Waals surface area contributed by atoms with Crippen molar-refractivity contribution in [2.45, 2.75) is 77.6 Å². The summed E-state index contributed by atoms with van der Waals surface area (Å²) in [4.78, 5) is 0. The molecule has 3 N–H and O–H groups in total. The molecule has 4 heteroatoms. The van der Waals surface area contributed by atoms with Gasteiger partial charge in [-0.25, -0.2) is 0 Å². The van der Waals surface area contributed by atoms with E-state index in [1.807, 2.05) is 0 Å². The molecule has 0 heterocycles. The summed E-state index contributed by atoms with van der Waals surface area (Å²) < 4.78 is 0. The summed E-state index contributed by atoms with van der Waals surface area (Å²) in [5.41, 5.74) is 0. The van der Waals surface area contributed by atoms with Gasteiger partial charge >= 0.3 is 0 Å². The zero-order valence-electron chi connectivity index (χ0n) is 12.4. The Bertz CT molecular complexity index is 245. The summed E-state index contributed by atoms with van der Waals surface area (Å²) in [6, 6.07) is 0. The first kappa shape index (κ1) is 17.8. The molecule has 0 aromatic carbocycles. The lowest BCUT2D eigenvalue weighted by Crippen LogP contribution is -2.33. The number of unbranched alkanes of at least 4 members (excludes halogenated alkanes) is 10. The number of nitriles is 1. The third kappa shape index (κ3) is 14.7. The van der Waals surface area contributed by atoms with Crippen LogP contribution < -0.4 is 10.6 Å². The van der Waals surface area contributed by atoms with Crippen molar-refractivity contribution in [3.05, 3.63) is 0 Å². The Balaban J connectivity index is 3.03. The quantitative estimate of drug-likeness (QED) is 0.165. The highest BCUT2D eigenvalue weighted by Gasteiger charge is 1.94. The predicted molar refractivity (Wildman–Crippen MR) is 80.9 cm³/mol. The van der Waals surface area contributed by atoms with Gasteiger partial charge in [0, 0.05) is 6.54 Å². The second-order valence-corrected chi connectivity index (χ2v) is 5.07. The van der Waals surface area contributed by atoms with E-state index in [0.717, 1.165) is 13.0 Å². The van der Waals surface area contributed by atoms with E-state index < -0.39 is 0 Å². The molecule has 4 nitrogen and oxygen atoms in total. The van der Waals surface area contributed by atoms with Crippen LogP contribution in [0.25, 0.3) is 0 Å². The molecule has 0 aromatic rings. The second kappa shape index (κ2) is 14.8. The van der Waals surface area contributed by atoms with E-state index in [2.05, 4.69) is 17.6 Å². The Labute approximate surface area is 118 Å². The minimum Gasteiger partial charge on any atom is -0.356 e. The largest absolute Gasteiger partial charge is 0.356 e. The first-order valence-corrected chi connectivity index (χ1v) is 7.78. The molecule has 0 spiro atoms. The normalized spacial score (nSPS) is 9.89. The van der Waals surface area contributed by atoms with Crippen LogP contribution in [0, 0.1) is 16.9 Å². The number of hydrogen-bond donors (Lipinski definition) is 3. The average Bonchev–Trinajstić information content (AvgIpc) is 2.40. The van der Waals surface area contributed by atoms with Gasteiger partial charge in [0.25, 0.3) is 0 Å². The van der Waals surface area contributed by atoms with Crippen LogP contribution in [0.15, 0.2) is 0 Å². The van der Waals surface area contributed by atoms with Crippen molar-refractivity contribution in [1.82, 2.24) is 10.6 Å². The topological polar surface area (TPSA) is 71.7 Å². The van der Waals surface area contributed by atoms with Gasteiger partial charge in [0.2, 0.25) is 5.96 Å². The molecule has 0 amide bonds. The van der Waals surface area contributed by atoms with Gasteiger partial charge < -0.3 is 5.32 Å². The Hall–Kier alpha value is -1.24. The fourth-order valence-corrected chi connectivity index (χ4v) is 2.10.